The summed E-state index contributed by atoms with van der Waals surface area (Å²) in [5.74, 6) is 0. The fourth-order valence-electron chi connectivity index (χ4n) is 2.08. The van der Waals surface area contributed by atoms with Gasteiger partial charge in [-0.3, -0.25) is 4.68 Å². The lowest BCUT2D eigenvalue weighted by Crippen LogP contribution is -2.33. The Labute approximate surface area is 101 Å². The van der Waals surface area contributed by atoms with Crippen LogP contribution in [-0.2, 0) is 13.6 Å². The van der Waals surface area contributed by atoms with Crippen molar-refractivity contribution in [2.24, 2.45) is 7.05 Å². The fourth-order valence-corrected chi connectivity index (χ4v) is 2.08. The van der Waals surface area contributed by atoms with Crippen LogP contribution in [0.2, 0.25) is 0 Å². The first kappa shape index (κ1) is 11.9. The second-order valence-corrected chi connectivity index (χ2v) is 4.43. The van der Waals surface area contributed by atoms with Gasteiger partial charge in [0.05, 0.1) is 12.0 Å². The average Bonchev–Trinajstić information content (AvgIpc) is 2.88. The monoisotopic (exact) mass is 233 g/mol. The molecule has 2 rings (SSSR count). The van der Waals surface area contributed by atoms with Gasteiger partial charge in [0.2, 0.25) is 0 Å². The molecule has 0 aliphatic carbocycles. The summed E-state index contributed by atoms with van der Waals surface area (Å²) >= 11 is 0. The summed E-state index contributed by atoms with van der Waals surface area (Å²) in [6, 6.07) is 2.72. The topological polar surface area (TPSA) is 47.7 Å². The van der Waals surface area contributed by atoms with Gasteiger partial charge >= 0.3 is 0 Å². The van der Waals surface area contributed by atoms with Crippen LogP contribution < -0.4 is 5.32 Å². The summed E-state index contributed by atoms with van der Waals surface area (Å²) in [7, 11) is 1.97. The second kappa shape index (κ2) is 5.14. The number of rotatable bonds is 5. The number of aromatic nitrogens is 4. The number of nitrogens with zero attached hydrogens (tertiary/aromatic N) is 4. The van der Waals surface area contributed by atoms with E-state index >= 15 is 0 Å². The lowest BCUT2D eigenvalue weighted by molar-refractivity contribution is 0.417. The van der Waals surface area contributed by atoms with Crippen LogP contribution in [0.3, 0.4) is 0 Å². The SMILES string of the molecule is CC(Cn1ccnc1)NC(C)c1ccnn1C. The number of hydrogen-bond acceptors (Lipinski definition) is 3. The molecule has 92 valence electrons. The van der Waals surface area contributed by atoms with Crippen molar-refractivity contribution >= 4 is 0 Å². The Bertz CT molecular complexity index is 445. The van der Waals surface area contributed by atoms with E-state index < -0.39 is 0 Å². The first-order valence-electron chi connectivity index (χ1n) is 5.86. The zero-order valence-corrected chi connectivity index (χ0v) is 10.5. The Balaban J connectivity index is 1.90. The van der Waals surface area contributed by atoms with Gasteiger partial charge in [-0.15, -0.1) is 0 Å². The molecule has 2 aromatic rings. The Morgan fingerprint density at radius 2 is 2.18 bits per heavy atom. The highest BCUT2D eigenvalue weighted by atomic mass is 15.3. The molecule has 2 heterocycles. The van der Waals surface area contributed by atoms with E-state index in [0.29, 0.717) is 12.1 Å². The van der Waals surface area contributed by atoms with Crippen molar-refractivity contribution in [3.05, 3.63) is 36.7 Å². The highest BCUT2D eigenvalue weighted by Gasteiger charge is 2.12. The highest BCUT2D eigenvalue weighted by molar-refractivity contribution is 5.05. The van der Waals surface area contributed by atoms with Crippen LogP contribution in [0.5, 0.6) is 0 Å². The molecule has 0 aliphatic heterocycles. The van der Waals surface area contributed by atoms with E-state index in [-0.39, 0.29) is 0 Å². The maximum absolute atomic E-state index is 4.18. The van der Waals surface area contributed by atoms with Gasteiger partial charge in [0.15, 0.2) is 0 Å². The van der Waals surface area contributed by atoms with Crippen molar-refractivity contribution in [3.8, 4) is 0 Å². The first-order chi connectivity index (χ1) is 8.16. The van der Waals surface area contributed by atoms with Crippen molar-refractivity contribution in [1.29, 1.82) is 0 Å². The van der Waals surface area contributed by atoms with E-state index in [2.05, 4.69) is 33.8 Å². The largest absolute Gasteiger partial charge is 0.336 e. The van der Waals surface area contributed by atoms with E-state index in [1.807, 2.05) is 36.5 Å². The van der Waals surface area contributed by atoms with Crippen LogP contribution in [0.15, 0.2) is 31.0 Å². The molecule has 5 nitrogen and oxygen atoms in total. The quantitative estimate of drug-likeness (QED) is 0.848. The number of imidazole rings is 1. The Kier molecular flexibility index (Phi) is 3.58. The van der Waals surface area contributed by atoms with E-state index in [9.17, 15) is 0 Å². The molecule has 0 saturated heterocycles. The first-order valence-corrected chi connectivity index (χ1v) is 5.86. The maximum atomic E-state index is 4.18. The molecule has 0 radical (unpaired) electrons. The molecule has 0 aliphatic rings. The molecule has 5 heteroatoms. The minimum atomic E-state index is 0.293. The number of hydrogen-bond donors (Lipinski definition) is 1. The molecule has 0 bridgehead atoms. The molecule has 2 unspecified atom stereocenters. The molecule has 17 heavy (non-hydrogen) atoms. The summed E-state index contributed by atoms with van der Waals surface area (Å²) < 4.78 is 3.98. The molecular weight excluding hydrogens is 214 g/mol. The minimum Gasteiger partial charge on any atom is -0.336 e. The molecular formula is C12H19N5. The van der Waals surface area contributed by atoms with Gasteiger partial charge in [0.25, 0.3) is 0 Å². The summed E-state index contributed by atoms with van der Waals surface area (Å²) in [5.41, 5.74) is 1.20. The van der Waals surface area contributed by atoms with Gasteiger partial charge in [-0.2, -0.15) is 5.10 Å². The van der Waals surface area contributed by atoms with Gasteiger partial charge in [-0.05, 0) is 19.9 Å². The van der Waals surface area contributed by atoms with Crippen molar-refractivity contribution < 1.29 is 0 Å². The summed E-state index contributed by atoms with van der Waals surface area (Å²) in [4.78, 5) is 4.04. The van der Waals surface area contributed by atoms with Crippen molar-refractivity contribution in [2.45, 2.75) is 32.5 Å². The third-order valence-corrected chi connectivity index (χ3v) is 2.88. The van der Waals surface area contributed by atoms with E-state index in [1.165, 1.54) is 5.69 Å². The van der Waals surface area contributed by atoms with Gasteiger partial charge in [0.1, 0.15) is 0 Å². The lowest BCUT2D eigenvalue weighted by atomic mass is 10.2. The standard InChI is InChI=1S/C12H19N5/c1-10(8-17-7-6-13-9-17)15-11(2)12-4-5-14-16(12)3/h4-7,9-11,15H,8H2,1-3H3. The Morgan fingerprint density at radius 1 is 1.35 bits per heavy atom. The zero-order valence-electron chi connectivity index (χ0n) is 10.5. The summed E-state index contributed by atoms with van der Waals surface area (Å²) in [6.07, 6.45) is 7.45. The number of aryl methyl sites for hydroxylation is 1. The normalized spacial score (nSPS) is 14.8. The average molecular weight is 233 g/mol. The molecule has 0 saturated carbocycles. The maximum Gasteiger partial charge on any atom is 0.0946 e. The highest BCUT2D eigenvalue weighted by Crippen LogP contribution is 2.11. The molecule has 2 aromatic heterocycles. The summed E-state index contributed by atoms with van der Waals surface area (Å²) in [5, 5.41) is 7.73. The van der Waals surface area contributed by atoms with Crippen LogP contribution in [0.25, 0.3) is 0 Å². The lowest BCUT2D eigenvalue weighted by Gasteiger charge is -2.20. The van der Waals surface area contributed by atoms with E-state index in [1.54, 1.807) is 6.20 Å². The van der Waals surface area contributed by atoms with Gasteiger partial charge in [-0.1, -0.05) is 0 Å². The van der Waals surface area contributed by atoms with Gasteiger partial charge in [-0.25, -0.2) is 4.98 Å². The smallest absolute Gasteiger partial charge is 0.0946 e. The van der Waals surface area contributed by atoms with Gasteiger partial charge in [0, 0.05) is 44.3 Å². The predicted molar refractivity (Wildman–Crippen MR) is 66.4 cm³/mol. The van der Waals surface area contributed by atoms with E-state index in [0.717, 1.165) is 6.54 Å². The molecule has 0 fully saturated rings. The Hall–Kier alpha value is -1.62. The van der Waals surface area contributed by atoms with Crippen molar-refractivity contribution in [1.82, 2.24) is 24.6 Å². The molecule has 0 aromatic carbocycles. The third kappa shape index (κ3) is 2.94. The molecule has 0 spiro atoms. The molecule has 1 N–H and O–H groups in total. The van der Waals surface area contributed by atoms with Crippen molar-refractivity contribution in [3.63, 3.8) is 0 Å². The van der Waals surface area contributed by atoms with Crippen molar-refractivity contribution in [2.75, 3.05) is 0 Å². The van der Waals surface area contributed by atoms with Crippen LogP contribution in [0.1, 0.15) is 25.6 Å². The second-order valence-electron chi connectivity index (χ2n) is 4.43. The fraction of sp³-hybridized carbons (Fsp3) is 0.500. The van der Waals surface area contributed by atoms with Crippen LogP contribution in [0, 0.1) is 0 Å². The van der Waals surface area contributed by atoms with Crippen LogP contribution in [-0.4, -0.2) is 25.4 Å². The Morgan fingerprint density at radius 3 is 2.76 bits per heavy atom. The molecule has 0 amide bonds. The number of nitrogens with one attached hydrogen (secondary N) is 1. The zero-order chi connectivity index (χ0) is 12.3. The van der Waals surface area contributed by atoms with Gasteiger partial charge < -0.3 is 9.88 Å². The van der Waals surface area contributed by atoms with Crippen LogP contribution in [0.4, 0.5) is 0 Å². The van der Waals surface area contributed by atoms with E-state index in [4.69, 9.17) is 0 Å². The third-order valence-electron chi connectivity index (χ3n) is 2.88. The predicted octanol–water partition coefficient (Wildman–Crippen LogP) is 1.36. The van der Waals surface area contributed by atoms with Crippen LogP contribution >= 0.6 is 0 Å². The molecule has 2 atom stereocenters. The minimum absolute atomic E-state index is 0.293. The summed E-state index contributed by atoms with van der Waals surface area (Å²) in [6.45, 7) is 5.25.